The van der Waals surface area contributed by atoms with Gasteiger partial charge in [-0.1, -0.05) is 11.6 Å². The molecule has 0 spiro atoms. The summed E-state index contributed by atoms with van der Waals surface area (Å²) in [6, 6.07) is 7.34. The first kappa shape index (κ1) is 13.4. The van der Waals surface area contributed by atoms with Crippen LogP contribution in [0.2, 0.25) is 5.15 Å². The van der Waals surface area contributed by atoms with Crippen molar-refractivity contribution >= 4 is 38.6 Å². The summed E-state index contributed by atoms with van der Waals surface area (Å²) in [5.41, 5.74) is 2.76. The molecule has 0 aliphatic heterocycles. The van der Waals surface area contributed by atoms with E-state index in [-0.39, 0.29) is 0 Å². The van der Waals surface area contributed by atoms with Crippen molar-refractivity contribution in [2.75, 3.05) is 0 Å². The number of H-pyrrole nitrogens is 1. The lowest BCUT2D eigenvalue weighted by molar-refractivity contribution is 0.554. The fraction of sp³-hybridized carbons (Fsp3) is 0. The Morgan fingerprint density at radius 3 is 2.86 bits per heavy atom. The lowest BCUT2D eigenvalue weighted by atomic mass is 10.1. The number of hydrogen-bond acceptors (Lipinski definition) is 5. The number of halogens is 2. The summed E-state index contributed by atoms with van der Waals surface area (Å²) in [4.78, 5) is 12.8. The second-order valence-electron chi connectivity index (χ2n) is 4.49. The number of aromatic amines is 1. The monoisotopic (exact) mass is 375 g/mol. The fourth-order valence-corrected chi connectivity index (χ4v) is 2.69. The second kappa shape index (κ2) is 5.19. The first-order chi connectivity index (χ1) is 10.7. The van der Waals surface area contributed by atoms with E-state index in [0.29, 0.717) is 26.9 Å². The molecule has 0 fully saturated rings. The Bertz CT molecular complexity index is 966. The van der Waals surface area contributed by atoms with Gasteiger partial charge in [-0.3, -0.25) is 5.10 Å². The number of aromatic nitrogens is 5. The number of pyridine rings is 1. The Balaban J connectivity index is 2.04. The third-order valence-corrected chi connectivity index (χ3v) is 3.88. The third-order valence-electron chi connectivity index (χ3n) is 3.17. The first-order valence-electron chi connectivity index (χ1n) is 6.29. The van der Waals surface area contributed by atoms with Gasteiger partial charge >= 0.3 is 0 Å². The van der Waals surface area contributed by atoms with Crippen LogP contribution in [0.15, 0.2) is 45.9 Å². The van der Waals surface area contributed by atoms with Gasteiger partial charge in [0.2, 0.25) is 0 Å². The number of nitrogens with zero attached hydrogens (tertiary/aromatic N) is 4. The molecular weight excluding hydrogens is 370 g/mol. The van der Waals surface area contributed by atoms with Gasteiger partial charge in [-0.15, -0.1) is 0 Å². The van der Waals surface area contributed by atoms with Gasteiger partial charge in [0.25, 0.3) is 0 Å². The number of fused-ring (bicyclic) bond motifs is 1. The molecule has 8 heteroatoms. The normalized spacial score (nSPS) is 11.2. The molecular formula is C14H7BrClN5O. The summed E-state index contributed by atoms with van der Waals surface area (Å²) in [5, 5.41) is 7.87. The highest BCUT2D eigenvalue weighted by atomic mass is 79.9. The first-order valence-corrected chi connectivity index (χ1v) is 7.46. The number of nitrogens with one attached hydrogen (secondary N) is 1. The van der Waals surface area contributed by atoms with Gasteiger partial charge in [0.1, 0.15) is 12.0 Å². The average Bonchev–Trinajstić information content (AvgIpc) is 3.13. The zero-order valence-electron chi connectivity index (χ0n) is 10.9. The van der Waals surface area contributed by atoms with Crippen molar-refractivity contribution in [1.29, 1.82) is 0 Å². The zero-order chi connectivity index (χ0) is 15.1. The molecule has 0 atom stereocenters. The van der Waals surface area contributed by atoms with E-state index in [0.717, 1.165) is 16.6 Å². The van der Waals surface area contributed by atoms with Crippen molar-refractivity contribution in [2.24, 2.45) is 0 Å². The summed E-state index contributed by atoms with van der Waals surface area (Å²) in [7, 11) is 0. The van der Waals surface area contributed by atoms with Gasteiger partial charge in [-0.2, -0.15) is 5.10 Å². The predicted molar refractivity (Wildman–Crippen MR) is 85.3 cm³/mol. The van der Waals surface area contributed by atoms with E-state index in [1.807, 2.05) is 18.2 Å². The molecule has 22 heavy (non-hydrogen) atoms. The van der Waals surface area contributed by atoms with Crippen LogP contribution in [-0.4, -0.2) is 25.1 Å². The minimum atomic E-state index is 0.366. The minimum Gasteiger partial charge on any atom is -0.448 e. The van der Waals surface area contributed by atoms with Crippen LogP contribution in [0.3, 0.4) is 0 Å². The van der Waals surface area contributed by atoms with Gasteiger partial charge in [-0.05, 0) is 40.2 Å². The van der Waals surface area contributed by atoms with Crippen LogP contribution in [-0.2, 0) is 0 Å². The van der Waals surface area contributed by atoms with Gasteiger partial charge in [0.05, 0.1) is 11.1 Å². The van der Waals surface area contributed by atoms with Crippen LogP contribution in [0.1, 0.15) is 0 Å². The number of hydrogen-bond donors (Lipinski definition) is 1. The summed E-state index contributed by atoms with van der Waals surface area (Å²) < 4.78 is 6.26. The second-order valence-corrected chi connectivity index (χ2v) is 5.63. The van der Waals surface area contributed by atoms with Crippen molar-refractivity contribution in [3.8, 4) is 22.7 Å². The summed E-state index contributed by atoms with van der Waals surface area (Å²) in [5.74, 6) is 0.619. The molecule has 0 unspecified atom stereocenters. The van der Waals surface area contributed by atoms with Crippen molar-refractivity contribution in [3.05, 3.63) is 46.6 Å². The molecule has 4 rings (SSSR count). The molecule has 0 radical (unpaired) electrons. The molecule has 0 saturated heterocycles. The molecule has 0 bridgehead atoms. The van der Waals surface area contributed by atoms with Gasteiger partial charge in [-0.25, -0.2) is 15.0 Å². The predicted octanol–water partition coefficient (Wildman–Crippen LogP) is 4.09. The van der Waals surface area contributed by atoms with Crippen molar-refractivity contribution in [3.63, 3.8) is 0 Å². The minimum absolute atomic E-state index is 0.366. The average molecular weight is 377 g/mol. The molecule has 4 aromatic rings. The maximum atomic E-state index is 6.09. The highest BCUT2D eigenvalue weighted by Crippen LogP contribution is 2.35. The molecule has 4 heterocycles. The van der Waals surface area contributed by atoms with Gasteiger partial charge in [0.15, 0.2) is 21.2 Å². The molecule has 108 valence electrons. The van der Waals surface area contributed by atoms with Crippen LogP contribution in [0.25, 0.3) is 33.7 Å². The number of furan rings is 1. The van der Waals surface area contributed by atoms with Gasteiger partial charge in [0, 0.05) is 11.8 Å². The van der Waals surface area contributed by atoms with E-state index in [9.17, 15) is 0 Å². The molecule has 1 N–H and O–H groups in total. The fourth-order valence-electron chi connectivity index (χ4n) is 2.19. The largest absolute Gasteiger partial charge is 0.448 e. The molecule has 6 nitrogen and oxygen atoms in total. The zero-order valence-corrected chi connectivity index (χ0v) is 13.3. The standard InChI is InChI=1S/C14H7BrClN5O/c15-11-2-1-10(22-11)12-7(9-3-4-17-6-18-9)5-8-13(16)20-21-14(8)19-12/h1-6H,(H,19,20,21). The van der Waals surface area contributed by atoms with Crippen molar-refractivity contribution in [1.82, 2.24) is 25.1 Å². The van der Waals surface area contributed by atoms with E-state index in [4.69, 9.17) is 16.0 Å². The van der Waals surface area contributed by atoms with E-state index in [1.54, 1.807) is 12.3 Å². The Kier molecular flexibility index (Phi) is 3.16. The number of rotatable bonds is 2. The van der Waals surface area contributed by atoms with E-state index in [1.165, 1.54) is 6.33 Å². The van der Waals surface area contributed by atoms with Crippen LogP contribution in [0, 0.1) is 0 Å². The van der Waals surface area contributed by atoms with Crippen molar-refractivity contribution < 1.29 is 4.42 Å². The molecule has 0 aliphatic carbocycles. The van der Waals surface area contributed by atoms with Crippen LogP contribution in [0.4, 0.5) is 0 Å². The summed E-state index contributed by atoms with van der Waals surface area (Å²) >= 11 is 9.39. The van der Waals surface area contributed by atoms with Crippen LogP contribution in [0.5, 0.6) is 0 Å². The van der Waals surface area contributed by atoms with Gasteiger partial charge < -0.3 is 4.42 Å². The Morgan fingerprint density at radius 1 is 1.23 bits per heavy atom. The highest BCUT2D eigenvalue weighted by Gasteiger charge is 2.17. The van der Waals surface area contributed by atoms with E-state index < -0.39 is 0 Å². The summed E-state index contributed by atoms with van der Waals surface area (Å²) in [6.07, 6.45) is 3.16. The molecule has 0 aromatic carbocycles. The van der Waals surface area contributed by atoms with Crippen LogP contribution >= 0.6 is 27.5 Å². The lowest BCUT2D eigenvalue weighted by Gasteiger charge is -2.06. The Hall–Kier alpha value is -2.25. The maximum Gasteiger partial charge on any atom is 0.169 e. The Labute approximate surface area is 137 Å². The highest BCUT2D eigenvalue weighted by molar-refractivity contribution is 9.10. The smallest absolute Gasteiger partial charge is 0.169 e. The van der Waals surface area contributed by atoms with E-state index in [2.05, 4.69) is 41.1 Å². The maximum absolute atomic E-state index is 6.09. The SMILES string of the molecule is Clc1n[nH]c2nc(-c3ccc(Br)o3)c(-c3ccncn3)cc12. The molecule has 0 amide bonds. The van der Waals surface area contributed by atoms with Crippen molar-refractivity contribution in [2.45, 2.75) is 0 Å². The molecule has 4 aromatic heterocycles. The Morgan fingerprint density at radius 2 is 2.14 bits per heavy atom. The van der Waals surface area contributed by atoms with E-state index >= 15 is 0 Å². The quantitative estimate of drug-likeness (QED) is 0.570. The lowest BCUT2D eigenvalue weighted by Crippen LogP contribution is -1.92. The topological polar surface area (TPSA) is 80.5 Å². The van der Waals surface area contributed by atoms with Crippen LogP contribution < -0.4 is 0 Å². The third kappa shape index (κ3) is 2.18. The summed E-state index contributed by atoms with van der Waals surface area (Å²) in [6.45, 7) is 0. The molecule has 0 saturated carbocycles. The molecule has 0 aliphatic rings.